The van der Waals surface area contributed by atoms with Gasteiger partial charge in [-0.3, -0.25) is 0 Å². The van der Waals surface area contributed by atoms with Gasteiger partial charge in [-0.15, -0.1) is 0 Å². The van der Waals surface area contributed by atoms with Crippen LogP contribution in [0, 0.1) is 11.8 Å². The van der Waals surface area contributed by atoms with Crippen LogP contribution in [-0.4, -0.2) is 13.3 Å². The zero-order chi connectivity index (χ0) is 17.3. The molecule has 0 aliphatic rings. The molecule has 0 radical (unpaired) electrons. The van der Waals surface area contributed by atoms with E-state index in [-0.39, 0.29) is 0 Å². The van der Waals surface area contributed by atoms with Crippen molar-refractivity contribution in [1.82, 2.24) is 0 Å². The third-order valence-corrected chi connectivity index (χ3v) is 17.2. The molecule has 2 aromatic carbocycles. The van der Waals surface area contributed by atoms with E-state index in [9.17, 15) is 0 Å². The first-order valence-corrected chi connectivity index (χ1v) is 14.9. The van der Waals surface area contributed by atoms with E-state index in [0.29, 0.717) is 0 Å². The molecule has 0 amide bonds. The van der Waals surface area contributed by atoms with Crippen molar-refractivity contribution in [2.75, 3.05) is 0 Å². The fraction of sp³-hybridized carbons (Fsp3) is 0.391. The van der Waals surface area contributed by atoms with Gasteiger partial charge in [-0.1, -0.05) is 0 Å². The molecule has 0 saturated carbocycles. The van der Waals surface area contributed by atoms with Gasteiger partial charge in [0.1, 0.15) is 0 Å². The molecule has 0 atom stereocenters. The monoisotopic (exact) mass is 380 g/mol. The van der Waals surface area contributed by atoms with Gasteiger partial charge in [0.15, 0.2) is 0 Å². The summed E-state index contributed by atoms with van der Waals surface area (Å²) in [7, 11) is 0. The third kappa shape index (κ3) is 5.02. The first kappa shape index (κ1) is 18.9. The molecule has 0 aliphatic carbocycles. The molecule has 0 heterocycles. The number of hydrogen-bond donors (Lipinski definition) is 0. The van der Waals surface area contributed by atoms with Crippen LogP contribution < -0.4 is 4.40 Å². The van der Waals surface area contributed by atoms with E-state index in [1.54, 1.807) is 4.40 Å². The topological polar surface area (TPSA) is 0 Å². The molecule has 0 unspecified atom stereocenters. The van der Waals surface area contributed by atoms with Crippen LogP contribution in [-0.2, 0) is 0 Å². The minimum atomic E-state index is -1.97. The van der Waals surface area contributed by atoms with Gasteiger partial charge in [-0.05, 0) is 0 Å². The van der Waals surface area contributed by atoms with Crippen molar-refractivity contribution in [2.24, 2.45) is 0 Å². The van der Waals surface area contributed by atoms with E-state index in [1.165, 1.54) is 40.6 Å². The molecule has 0 spiro atoms. The maximum absolute atomic E-state index is 3.38. The Morgan fingerprint density at radius 1 is 0.667 bits per heavy atom. The van der Waals surface area contributed by atoms with Crippen LogP contribution in [0.3, 0.4) is 0 Å². The second-order valence-electron chi connectivity index (χ2n) is 6.73. The summed E-state index contributed by atoms with van der Waals surface area (Å²) in [4.78, 5) is 0. The van der Waals surface area contributed by atoms with Gasteiger partial charge in [0.2, 0.25) is 0 Å². The molecule has 0 nitrogen and oxygen atoms in total. The molecule has 0 aromatic heterocycles. The van der Waals surface area contributed by atoms with Crippen molar-refractivity contribution in [3.63, 3.8) is 0 Å². The summed E-state index contributed by atoms with van der Waals surface area (Å²) >= 11 is -1.97. The third-order valence-electron chi connectivity index (χ3n) is 4.79. The Morgan fingerprint density at radius 2 is 1.21 bits per heavy atom. The van der Waals surface area contributed by atoms with E-state index in [0.717, 1.165) is 5.56 Å². The predicted octanol–water partition coefficient (Wildman–Crippen LogP) is 5.97. The molecule has 1 heteroatoms. The number of hydrogen-bond acceptors (Lipinski definition) is 0. The van der Waals surface area contributed by atoms with Gasteiger partial charge in [0, 0.05) is 0 Å². The Morgan fingerprint density at radius 3 is 1.79 bits per heavy atom. The Hall–Kier alpha value is -1.46. The van der Waals surface area contributed by atoms with Gasteiger partial charge in [0.25, 0.3) is 0 Å². The van der Waals surface area contributed by atoms with Crippen molar-refractivity contribution in [2.45, 2.75) is 55.8 Å². The number of benzene rings is 2. The molecular formula is C23H30Ge. The van der Waals surface area contributed by atoms with Crippen LogP contribution in [0.25, 0.3) is 0 Å². The summed E-state index contributed by atoms with van der Waals surface area (Å²) in [5, 5.41) is 4.37. The van der Waals surface area contributed by atoms with E-state index < -0.39 is 13.3 Å². The van der Waals surface area contributed by atoms with Crippen molar-refractivity contribution < 1.29 is 0 Å². The first-order valence-electron chi connectivity index (χ1n) is 9.41. The SMILES string of the molecule is CC[CH2][Ge]([CH2]CC)([CH2]CC)[c]1cccc(C#Cc2ccccc2)c1. The first-order chi connectivity index (χ1) is 11.7. The van der Waals surface area contributed by atoms with Crippen LogP contribution in [0.4, 0.5) is 0 Å². The van der Waals surface area contributed by atoms with E-state index >= 15 is 0 Å². The average Bonchev–Trinajstić information content (AvgIpc) is 2.62. The molecule has 0 N–H and O–H groups in total. The summed E-state index contributed by atoms with van der Waals surface area (Å²) < 4.78 is 1.67. The second kappa shape index (κ2) is 9.75. The second-order valence-corrected chi connectivity index (χ2v) is 16.5. The summed E-state index contributed by atoms with van der Waals surface area (Å²) in [5.74, 6) is 6.69. The summed E-state index contributed by atoms with van der Waals surface area (Å²) in [5.41, 5.74) is 2.26. The van der Waals surface area contributed by atoms with Crippen LogP contribution in [0.1, 0.15) is 51.2 Å². The van der Waals surface area contributed by atoms with Crippen LogP contribution in [0.2, 0.25) is 15.8 Å². The van der Waals surface area contributed by atoms with Crippen molar-refractivity contribution in [3.8, 4) is 11.8 Å². The fourth-order valence-electron chi connectivity index (χ4n) is 3.84. The molecule has 0 fully saturated rings. The van der Waals surface area contributed by atoms with Gasteiger partial charge in [-0.25, -0.2) is 0 Å². The molecule has 0 aliphatic heterocycles. The molecule has 0 bridgehead atoms. The van der Waals surface area contributed by atoms with Gasteiger partial charge >= 0.3 is 151 Å². The summed E-state index contributed by atoms with van der Waals surface area (Å²) in [6.07, 6.45) is 3.96. The molecule has 126 valence electrons. The molecule has 2 rings (SSSR count). The van der Waals surface area contributed by atoms with Gasteiger partial charge < -0.3 is 0 Å². The fourth-order valence-corrected chi connectivity index (χ4v) is 15.2. The Kier molecular flexibility index (Phi) is 7.66. The summed E-state index contributed by atoms with van der Waals surface area (Å²) in [6.45, 7) is 7.05. The zero-order valence-electron chi connectivity index (χ0n) is 15.4. The van der Waals surface area contributed by atoms with Gasteiger partial charge in [-0.2, -0.15) is 0 Å². The Labute approximate surface area is 151 Å². The normalized spacial score (nSPS) is 11.0. The van der Waals surface area contributed by atoms with Crippen molar-refractivity contribution in [3.05, 3.63) is 65.7 Å². The quantitative estimate of drug-likeness (QED) is 0.411. The van der Waals surface area contributed by atoms with E-state index in [2.05, 4.69) is 69.0 Å². The Bertz CT molecular complexity index is 659. The number of rotatable bonds is 7. The molecule has 24 heavy (non-hydrogen) atoms. The van der Waals surface area contributed by atoms with E-state index in [4.69, 9.17) is 0 Å². The Balaban J connectivity index is 2.34. The van der Waals surface area contributed by atoms with Crippen LogP contribution >= 0.6 is 0 Å². The average molecular weight is 379 g/mol. The molecular weight excluding hydrogens is 349 g/mol. The van der Waals surface area contributed by atoms with Gasteiger partial charge in [0.05, 0.1) is 0 Å². The maximum atomic E-state index is 3.38. The van der Waals surface area contributed by atoms with E-state index in [1.807, 2.05) is 18.2 Å². The predicted molar refractivity (Wildman–Crippen MR) is 110 cm³/mol. The molecule has 0 saturated heterocycles. The van der Waals surface area contributed by atoms with Crippen molar-refractivity contribution >= 4 is 17.7 Å². The van der Waals surface area contributed by atoms with Crippen LogP contribution in [0.15, 0.2) is 54.6 Å². The van der Waals surface area contributed by atoms with Crippen molar-refractivity contribution in [1.29, 1.82) is 0 Å². The minimum absolute atomic E-state index is 1.09. The molecule has 2 aromatic rings. The summed E-state index contributed by atoms with van der Waals surface area (Å²) in [6, 6.07) is 19.5. The van der Waals surface area contributed by atoms with Crippen LogP contribution in [0.5, 0.6) is 0 Å². The standard InChI is InChI=1S/C23H30Ge/c1-4-17-24(18-5-2,19-6-3)23-14-10-13-22(20-23)16-15-21-11-8-7-9-12-21/h7-14,20H,4-6,17-19H2,1-3H3. The zero-order valence-corrected chi connectivity index (χ0v) is 17.5.